The van der Waals surface area contributed by atoms with Crippen molar-refractivity contribution in [3.05, 3.63) is 51.4 Å². The summed E-state index contributed by atoms with van der Waals surface area (Å²) in [4.78, 5) is 0. The standard InChI is InChI=1S/C15H20IN3/c1-2-8-17-9-7-13-3-5-14(6-4-13)11-19-12-15(16)10-18-19/h3-6,10,12,17H,2,7-9,11H2,1H3. The molecule has 3 nitrogen and oxygen atoms in total. The molecule has 0 fully saturated rings. The van der Waals surface area contributed by atoms with Crippen LogP contribution in [0.4, 0.5) is 0 Å². The van der Waals surface area contributed by atoms with Crippen LogP contribution in [-0.2, 0) is 13.0 Å². The molecule has 1 heterocycles. The number of rotatable bonds is 7. The van der Waals surface area contributed by atoms with Crippen molar-refractivity contribution in [2.75, 3.05) is 13.1 Å². The van der Waals surface area contributed by atoms with E-state index in [4.69, 9.17) is 0 Å². The van der Waals surface area contributed by atoms with Crippen LogP contribution in [0.25, 0.3) is 0 Å². The van der Waals surface area contributed by atoms with Crippen molar-refractivity contribution in [2.24, 2.45) is 0 Å². The lowest BCUT2D eigenvalue weighted by Gasteiger charge is -2.05. The highest BCUT2D eigenvalue weighted by molar-refractivity contribution is 14.1. The Labute approximate surface area is 128 Å². The molecule has 0 atom stereocenters. The minimum absolute atomic E-state index is 0.845. The predicted octanol–water partition coefficient (Wildman–Crippen LogP) is 3.08. The van der Waals surface area contributed by atoms with E-state index < -0.39 is 0 Å². The monoisotopic (exact) mass is 369 g/mol. The number of halogens is 1. The molecule has 2 aromatic rings. The van der Waals surface area contributed by atoms with E-state index in [0.717, 1.165) is 26.1 Å². The Morgan fingerprint density at radius 2 is 1.89 bits per heavy atom. The fourth-order valence-corrected chi connectivity index (χ4v) is 2.40. The van der Waals surface area contributed by atoms with Gasteiger partial charge in [0.1, 0.15) is 0 Å². The second kappa shape index (κ2) is 7.65. The van der Waals surface area contributed by atoms with Gasteiger partial charge in [0.15, 0.2) is 0 Å². The molecule has 0 aliphatic heterocycles. The van der Waals surface area contributed by atoms with E-state index in [-0.39, 0.29) is 0 Å². The lowest BCUT2D eigenvalue weighted by atomic mass is 10.1. The average molecular weight is 369 g/mol. The molecule has 19 heavy (non-hydrogen) atoms. The van der Waals surface area contributed by atoms with Gasteiger partial charge >= 0.3 is 0 Å². The highest BCUT2D eigenvalue weighted by Crippen LogP contribution is 2.08. The zero-order valence-electron chi connectivity index (χ0n) is 11.3. The SMILES string of the molecule is CCCNCCc1ccc(Cn2cc(I)cn2)cc1. The summed E-state index contributed by atoms with van der Waals surface area (Å²) in [6.07, 6.45) is 6.24. The second-order valence-electron chi connectivity index (χ2n) is 4.67. The third kappa shape index (κ3) is 4.95. The third-order valence-electron chi connectivity index (χ3n) is 2.99. The van der Waals surface area contributed by atoms with Crippen LogP contribution in [0.5, 0.6) is 0 Å². The number of nitrogens with one attached hydrogen (secondary N) is 1. The van der Waals surface area contributed by atoms with Gasteiger partial charge in [0.25, 0.3) is 0 Å². The van der Waals surface area contributed by atoms with Gasteiger partial charge in [-0.1, -0.05) is 31.2 Å². The average Bonchev–Trinajstić information content (AvgIpc) is 2.82. The fourth-order valence-electron chi connectivity index (χ4n) is 1.96. The van der Waals surface area contributed by atoms with Crippen LogP contribution in [0.3, 0.4) is 0 Å². The van der Waals surface area contributed by atoms with Crippen molar-refractivity contribution in [1.29, 1.82) is 0 Å². The van der Waals surface area contributed by atoms with Crippen LogP contribution in [-0.4, -0.2) is 22.9 Å². The van der Waals surface area contributed by atoms with E-state index in [2.05, 4.69) is 70.4 Å². The minimum Gasteiger partial charge on any atom is -0.316 e. The van der Waals surface area contributed by atoms with Crippen LogP contribution in [0.1, 0.15) is 24.5 Å². The number of benzene rings is 1. The van der Waals surface area contributed by atoms with Gasteiger partial charge < -0.3 is 5.32 Å². The summed E-state index contributed by atoms with van der Waals surface area (Å²) >= 11 is 2.28. The van der Waals surface area contributed by atoms with Crippen molar-refractivity contribution < 1.29 is 0 Å². The Balaban J connectivity index is 1.84. The maximum Gasteiger partial charge on any atom is 0.0659 e. The quantitative estimate of drug-likeness (QED) is 0.601. The van der Waals surface area contributed by atoms with Crippen molar-refractivity contribution in [3.63, 3.8) is 0 Å². The lowest BCUT2D eigenvalue weighted by molar-refractivity contribution is 0.670. The topological polar surface area (TPSA) is 29.9 Å². The fraction of sp³-hybridized carbons (Fsp3) is 0.400. The first-order valence-corrected chi connectivity index (χ1v) is 7.82. The molecule has 1 N–H and O–H groups in total. The largest absolute Gasteiger partial charge is 0.316 e. The molecule has 0 radical (unpaired) electrons. The number of hydrogen-bond donors (Lipinski definition) is 1. The van der Waals surface area contributed by atoms with E-state index >= 15 is 0 Å². The Hall–Kier alpha value is -0.880. The summed E-state index contributed by atoms with van der Waals surface area (Å²) < 4.78 is 3.15. The van der Waals surface area contributed by atoms with Crippen LogP contribution in [0.15, 0.2) is 36.7 Å². The highest BCUT2D eigenvalue weighted by Gasteiger charge is 1.98. The molecule has 0 saturated carbocycles. The molecule has 0 aliphatic rings. The summed E-state index contributed by atoms with van der Waals surface area (Å²) in [7, 11) is 0. The van der Waals surface area contributed by atoms with Gasteiger partial charge in [-0.3, -0.25) is 4.68 Å². The van der Waals surface area contributed by atoms with E-state index in [9.17, 15) is 0 Å². The molecular formula is C15H20IN3. The van der Waals surface area contributed by atoms with E-state index in [1.807, 2.05) is 10.9 Å². The van der Waals surface area contributed by atoms with Crippen LogP contribution >= 0.6 is 22.6 Å². The summed E-state index contributed by atoms with van der Waals surface area (Å²) in [5.41, 5.74) is 2.69. The first-order valence-electron chi connectivity index (χ1n) is 6.74. The molecule has 4 heteroatoms. The smallest absolute Gasteiger partial charge is 0.0659 e. The Morgan fingerprint density at radius 1 is 1.16 bits per heavy atom. The van der Waals surface area contributed by atoms with Gasteiger partial charge in [0.05, 0.1) is 16.3 Å². The molecule has 1 aromatic carbocycles. The molecule has 0 aliphatic carbocycles. The molecule has 1 aromatic heterocycles. The predicted molar refractivity (Wildman–Crippen MR) is 87.4 cm³/mol. The summed E-state index contributed by atoms with van der Waals surface area (Å²) in [5.74, 6) is 0. The van der Waals surface area contributed by atoms with Gasteiger partial charge in [-0.15, -0.1) is 0 Å². The molecule has 0 unspecified atom stereocenters. The zero-order chi connectivity index (χ0) is 13.5. The van der Waals surface area contributed by atoms with Crippen molar-refractivity contribution in [1.82, 2.24) is 15.1 Å². The first-order chi connectivity index (χ1) is 9.28. The number of hydrogen-bond acceptors (Lipinski definition) is 2. The lowest BCUT2D eigenvalue weighted by Crippen LogP contribution is -2.17. The van der Waals surface area contributed by atoms with Crippen LogP contribution < -0.4 is 5.32 Å². The molecule has 0 amide bonds. The number of nitrogens with zero attached hydrogens (tertiary/aromatic N) is 2. The summed E-state index contributed by atoms with van der Waals surface area (Å²) in [6, 6.07) is 8.84. The molecule has 2 rings (SSSR count). The molecule has 0 spiro atoms. The van der Waals surface area contributed by atoms with Gasteiger partial charge in [-0.2, -0.15) is 5.10 Å². The first kappa shape index (κ1) is 14.5. The minimum atomic E-state index is 0.845. The molecule has 0 bridgehead atoms. The van der Waals surface area contributed by atoms with Crippen molar-refractivity contribution >= 4 is 22.6 Å². The van der Waals surface area contributed by atoms with Gasteiger partial charge in [-0.25, -0.2) is 0 Å². The molecule has 102 valence electrons. The summed E-state index contributed by atoms with van der Waals surface area (Å²) in [6.45, 7) is 5.20. The van der Waals surface area contributed by atoms with E-state index in [0.29, 0.717) is 0 Å². The zero-order valence-corrected chi connectivity index (χ0v) is 13.4. The van der Waals surface area contributed by atoms with Gasteiger partial charge in [0.2, 0.25) is 0 Å². The molecular weight excluding hydrogens is 349 g/mol. The normalized spacial score (nSPS) is 10.8. The van der Waals surface area contributed by atoms with Gasteiger partial charge in [-0.05, 0) is 59.6 Å². The molecule has 0 saturated heterocycles. The Bertz CT molecular complexity index is 490. The maximum atomic E-state index is 4.30. The summed E-state index contributed by atoms with van der Waals surface area (Å²) in [5, 5.41) is 7.73. The van der Waals surface area contributed by atoms with E-state index in [1.54, 1.807) is 0 Å². The maximum absolute atomic E-state index is 4.30. The Kier molecular flexibility index (Phi) is 5.85. The highest BCUT2D eigenvalue weighted by atomic mass is 127. The third-order valence-corrected chi connectivity index (χ3v) is 3.54. The Morgan fingerprint density at radius 3 is 2.53 bits per heavy atom. The van der Waals surface area contributed by atoms with Gasteiger partial charge in [0, 0.05) is 6.20 Å². The van der Waals surface area contributed by atoms with Crippen molar-refractivity contribution in [2.45, 2.75) is 26.3 Å². The van der Waals surface area contributed by atoms with E-state index in [1.165, 1.54) is 21.1 Å². The van der Waals surface area contributed by atoms with Crippen LogP contribution in [0.2, 0.25) is 0 Å². The number of aromatic nitrogens is 2. The van der Waals surface area contributed by atoms with Crippen molar-refractivity contribution in [3.8, 4) is 0 Å². The second-order valence-corrected chi connectivity index (χ2v) is 5.92. The van der Waals surface area contributed by atoms with Crippen LogP contribution in [0, 0.1) is 3.57 Å².